The highest BCUT2D eigenvalue weighted by Crippen LogP contribution is 2.43. The molecule has 7 atom stereocenters. The van der Waals surface area contributed by atoms with Gasteiger partial charge in [0.05, 0.1) is 11.8 Å². The van der Waals surface area contributed by atoms with E-state index in [0.717, 1.165) is 0 Å². The van der Waals surface area contributed by atoms with Gasteiger partial charge in [-0.05, 0) is 12.8 Å². The van der Waals surface area contributed by atoms with E-state index < -0.39 is 84.8 Å². The standard InChI is InChI=1S/C15H17F8NO4/c16-9-8(10(17)12(19)13(20)11(9)18)14(25)28-4-5-6(15(21,22)23)2-1-3-7(5)24(26)27/h5-13H,1-4H2. The molecule has 2 aliphatic carbocycles. The van der Waals surface area contributed by atoms with Gasteiger partial charge in [-0.15, -0.1) is 0 Å². The minimum Gasteiger partial charge on any atom is -0.465 e. The van der Waals surface area contributed by atoms with E-state index in [1.165, 1.54) is 0 Å². The molecule has 7 unspecified atom stereocenters. The highest BCUT2D eigenvalue weighted by molar-refractivity contribution is 5.74. The van der Waals surface area contributed by atoms with E-state index in [0.29, 0.717) is 0 Å². The number of rotatable bonds is 4. The van der Waals surface area contributed by atoms with Crippen molar-refractivity contribution in [3.8, 4) is 0 Å². The minimum absolute atomic E-state index is 0.104. The van der Waals surface area contributed by atoms with Crippen molar-refractivity contribution in [3.63, 3.8) is 0 Å². The van der Waals surface area contributed by atoms with Crippen molar-refractivity contribution >= 4 is 5.97 Å². The van der Waals surface area contributed by atoms with Crippen molar-refractivity contribution < 1.29 is 49.6 Å². The molecule has 2 saturated carbocycles. The lowest BCUT2D eigenvalue weighted by Gasteiger charge is -2.36. The quantitative estimate of drug-likeness (QED) is 0.298. The van der Waals surface area contributed by atoms with Gasteiger partial charge in [0.1, 0.15) is 12.5 Å². The van der Waals surface area contributed by atoms with Gasteiger partial charge in [-0.25, -0.2) is 22.0 Å². The summed E-state index contributed by atoms with van der Waals surface area (Å²) in [4.78, 5) is 22.0. The molecule has 13 heteroatoms. The van der Waals surface area contributed by atoms with Crippen molar-refractivity contribution in [1.29, 1.82) is 0 Å². The fraction of sp³-hybridized carbons (Fsp3) is 0.933. The van der Waals surface area contributed by atoms with Crippen LogP contribution < -0.4 is 0 Å². The average Bonchev–Trinajstić information content (AvgIpc) is 2.62. The molecular weight excluding hydrogens is 410 g/mol. The fourth-order valence-corrected chi connectivity index (χ4v) is 3.77. The van der Waals surface area contributed by atoms with Crippen molar-refractivity contribution in [1.82, 2.24) is 0 Å². The van der Waals surface area contributed by atoms with Gasteiger partial charge in [-0.2, -0.15) is 13.2 Å². The highest BCUT2D eigenvalue weighted by Gasteiger charge is 2.58. The first-order valence-electron chi connectivity index (χ1n) is 8.45. The Kier molecular flexibility index (Phi) is 6.74. The van der Waals surface area contributed by atoms with Crippen LogP contribution in [-0.4, -0.2) is 60.6 Å². The number of esters is 1. The van der Waals surface area contributed by atoms with Gasteiger partial charge in [0.2, 0.25) is 6.04 Å². The Morgan fingerprint density at radius 1 is 0.964 bits per heavy atom. The molecule has 0 aromatic carbocycles. The summed E-state index contributed by atoms with van der Waals surface area (Å²) in [5, 5.41) is 11.0. The summed E-state index contributed by atoms with van der Waals surface area (Å²) in [6, 6.07) is -1.72. The maximum Gasteiger partial charge on any atom is 0.392 e. The lowest BCUT2D eigenvalue weighted by atomic mass is 9.76. The summed E-state index contributed by atoms with van der Waals surface area (Å²) in [6.07, 6.45) is -21.4. The van der Waals surface area contributed by atoms with E-state index in [1.807, 2.05) is 0 Å². The van der Waals surface area contributed by atoms with Crippen LogP contribution in [0.5, 0.6) is 0 Å². The molecule has 2 rings (SSSR count). The molecule has 0 heterocycles. The van der Waals surface area contributed by atoms with Crippen molar-refractivity contribution in [2.24, 2.45) is 17.8 Å². The fourth-order valence-electron chi connectivity index (χ4n) is 3.77. The summed E-state index contributed by atoms with van der Waals surface area (Å²) in [6.45, 7) is -1.21. The van der Waals surface area contributed by atoms with Crippen LogP contribution in [0.2, 0.25) is 0 Å². The number of carbonyl (C=O) groups excluding carboxylic acids is 1. The van der Waals surface area contributed by atoms with Gasteiger partial charge in [0.15, 0.2) is 30.9 Å². The van der Waals surface area contributed by atoms with Gasteiger partial charge in [-0.3, -0.25) is 14.9 Å². The molecule has 28 heavy (non-hydrogen) atoms. The number of ether oxygens (including phenoxy) is 1. The molecule has 162 valence electrons. The third kappa shape index (κ3) is 4.32. The molecule has 0 aliphatic heterocycles. The van der Waals surface area contributed by atoms with Crippen LogP contribution in [0.3, 0.4) is 0 Å². The van der Waals surface area contributed by atoms with Crippen LogP contribution in [-0.2, 0) is 9.53 Å². The smallest absolute Gasteiger partial charge is 0.392 e. The zero-order valence-corrected chi connectivity index (χ0v) is 14.1. The number of hydrogen-bond donors (Lipinski definition) is 0. The summed E-state index contributed by atoms with van der Waals surface area (Å²) in [5.41, 5.74) is 0. The first-order valence-corrected chi connectivity index (χ1v) is 8.45. The zero-order chi connectivity index (χ0) is 21.4. The van der Waals surface area contributed by atoms with Crippen molar-refractivity contribution in [3.05, 3.63) is 10.1 Å². The van der Waals surface area contributed by atoms with Crippen molar-refractivity contribution in [2.75, 3.05) is 6.61 Å². The van der Waals surface area contributed by atoms with Crippen LogP contribution in [0.25, 0.3) is 0 Å². The maximum absolute atomic E-state index is 13.8. The predicted molar refractivity (Wildman–Crippen MR) is 76.6 cm³/mol. The first kappa shape index (κ1) is 22.6. The molecule has 0 amide bonds. The van der Waals surface area contributed by atoms with Gasteiger partial charge >= 0.3 is 12.1 Å². The lowest BCUT2D eigenvalue weighted by Crippen LogP contribution is -2.56. The minimum atomic E-state index is -4.85. The molecule has 0 spiro atoms. The number of hydrogen-bond acceptors (Lipinski definition) is 4. The molecule has 0 bridgehead atoms. The number of alkyl halides is 8. The monoisotopic (exact) mass is 427 g/mol. The first-order chi connectivity index (χ1) is 12.9. The van der Waals surface area contributed by atoms with E-state index in [-0.39, 0.29) is 12.8 Å². The summed E-state index contributed by atoms with van der Waals surface area (Å²) in [7, 11) is 0. The Hall–Kier alpha value is -1.69. The van der Waals surface area contributed by atoms with Gasteiger partial charge in [0.25, 0.3) is 0 Å². The predicted octanol–water partition coefficient (Wildman–Crippen LogP) is 3.47. The molecule has 0 N–H and O–H groups in total. The van der Waals surface area contributed by atoms with E-state index in [2.05, 4.69) is 4.74 Å². The third-order valence-corrected chi connectivity index (χ3v) is 5.31. The largest absolute Gasteiger partial charge is 0.465 e. The number of nitrogens with zero attached hydrogens (tertiary/aromatic N) is 1. The molecule has 0 aromatic heterocycles. The second-order valence-corrected chi connectivity index (χ2v) is 6.97. The number of carbonyl (C=O) groups is 1. The van der Waals surface area contributed by atoms with Crippen LogP contribution in [0.4, 0.5) is 35.1 Å². The molecule has 5 nitrogen and oxygen atoms in total. The number of nitro groups is 1. The van der Waals surface area contributed by atoms with Crippen LogP contribution >= 0.6 is 0 Å². The second kappa shape index (κ2) is 8.36. The molecule has 0 radical (unpaired) electrons. The summed E-state index contributed by atoms with van der Waals surface area (Å²) >= 11 is 0. The molecular formula is C15H17F8NO4. The van der Waals surface area contributed by atoms with E-state index in [4.69, 9.17) is 0 Å². The Bertz CT molecular complexity index is 575. The van der Waals surface area contributed by atoms with E-state index >= 15 is 0 Å². The normalized spacial score (nSPS) is 42.1. The maximum atomic E-state index is 13.8. The van der Waals surface area contributed by atoms with Gasteiger partial charge in [-0.1, -0.05) is 0 Å². The van der Waals surface area contributed by atoms with Gasteiger partial charge in [0, 0.05) is 11.3 Å². The Morgan fingerprint density at radius 2 is 1.46 bits per heavy atom. The van der Waals surface area contributed by atoms with Crippen LogP contribution in [0.15, 0.2) is 0 Å². The topological polar surface area (TPSA) is 69.4 Å². The van der Waals surface area contributed by atoms with E-state index in [9.17, 15) is 50.0 Å². The zero-order valence-electron chi connectivity index (χ0n) is 14.1. The second-order valence-electron chi connectivity index (χ2n) is 6.97. The van der Waals surface area contributed by atoms with E-state index in [1.54, 1.807) is 0 Å². The summed E-state index contributed by atoms with van der Waals surface area (Å²) in [5.74, 6) is -8.66. The average molecular weight is 427 g/mol. The van der Waals surface area contributed by atoms with Gasteiger partial charge < -0.3 is 4.74 Å². The Morgan fingerprint density at radius 3 is 1.93 bits per heavy atom. The SMILES string of the molecule is O=C(OCC1C([N+](=O)[O-])CCCC1C(F)(F)F)C1C(F)C(F)C(F)C(F)C1F. The lowest BCUT2D eigenvalue weighted by molar-refractivity contribution is -0.541. The summed E-state index contributed by atoms with van der Waals surface area (Å²) < 4.78 is 111. The Balaban J connectivity index is 2.14. The Labute approximate surface area is 153 Å². The molecule has 2 fully saturated rings. The molecule has 2 aliphatic rings. The highest BCUT2D eigenvalue weighted by atomic mass is 19.4. The third-order valence-electron chi connectivity index (χ3n) is 5.31. The number of halogens is 8. The van der Waals surface area contributed by atoms with Crippen LogP contribution in [0.1, 0.15) is 19.3 Å². The van der Waals surface area contributed by atoms with Crippen molar-refractivity contribution in [2.45, 2.75) is 62.3 Å². The molecule has 0 saturated heterocycles. The van der Waals surface area contributed by atoms with Crippen LogP contribution in [0, 0.1) is 27.9 Å². The molecule has 0 aromatic rings.